The summed E-state index contributed by atoms with van der Waals surface area (Å²) in [5.41, 5.74) is 0.0829. The van der Waals surface area contributed by atoms with E-state index in [1.807, 2.05) is 6.92 Å². The number of carboxylic acids is 1. The number of hydrogen-bond acceptors (Lipinski definition) is 7. The molecule has 2 rings (SSSR count). The Bertz CT molecular complexity index is 659. The van der Waals surface area contributed by atoms with Crippen LogP contribution in [-0.4, -0.2) is 37.9 Å². The first-order valence-electron chi connectivity index (χ1n) is 6.03. The number of thioether (sulfide) groups is 1. The summed E-state index contributed by atoms with van der Waals surface area (Å²) in [7, 11) is 0. The lowest BCUT2D eigenvalue weighted by Gasteiger charge is -2.04. The van der Waals surface area contributed by atoms with Crippen LogP contribution in [0.2, 0.25) is 0 Å². The number of nitrogens with zero attached hydrogens (tertiary/aromatic N) is 3. The molecule has 0 atom stereocenters. The first-order chi connectivity index (χ1) is 10.1. The number of rotatable bonds is 6. The van der Waals surface area contributed by atoms with Crippen LogP contribution in [0, 0.1) is 0 Å². The van der Waals surface area contributed by atoms with Crippen LogP contribution in [-0.2, 0) is 11.2 Å². The van der Waals surface area contributed by atoms with E-state index in [0.717, 1.165) is 23.2 Å². The van der Waals surface area contributed by atoms with Gasteiger partial charge in [-0.25, -0.2) is 9.78 Å². The number of aromatic nitrogens is 3. The van der Waals surface area contributed by atoms with Crippen molar-refractivity contribution in [2.75, 3.05) is 11.1 Å². The SMILES string of the molecule is CCc1nnc(NC(=O)CSc2ncccc2C(=O)O)s1. The molecule has 0 saturated heterocycles. The fourth-order valence-electron chi connectivity index (χ4n) is 1.40. The molecule has 0 fully saturated rings. The van der Waals surface area contributed by atoms with E-state index in [1.54, 1.807) is 6.07 Å². The summed E-state index contributed by atoms with van der Waals surface area (Å²) in [4.78, 5) is 26.8. The van der Waals surface area contributed by atoms with E-state index in [2.05, 4.69) is 20.5 Å². The maximum absolute atomic E-state index is 11.8. The highest BCUT2D eigenvalue weighted by Gasteiger charge is 2.13. The molecule has 2 aromatic heterocycles. The predicted octanol–water partition coefficient (Wildman–Crippen LogP) is 1.92. The molecule has 2 heterocycles. The lowest BCUT2D eigenvalue weighted by atomic mass is 10.3. The van der Waals surface area contributed by atoms with Crippen LogP contribution >= 0.6 is 23.1 Å². The van der Waals surface area contributed by atoms with Gasteiger partial charge in [0.25, 0.3) is 0 Å². The van der Waals surface area contributed by atoms with Crippen LogP contribution in [0.4, 0.5) is 5.13 Å². The number of carbonyl (C=O) groups excluding carboxylic acids is 1. The van der Waals surface area contributed by atoms with Gasteiger partial charge < -0.3 is 5.11 Å². The number of aryl methyl sites for hydroxylation is 1. The maximum atomic E-state index is 11.8. The average Bonchev–Trinajstić information content (AvgIpc) is 2.93. The lowest BCUT2D eigenvalue weighted by molar-refractivity contribution is -0.113. The van der Waals surface area contributed by atoms with Gasteiger partial charge in [0, 0.05) is 6.20 Å². The number of carboxylic acid groups (broad SMARTS) is 1. The van der Waals surface area contributed by atoms with Crippen LogP contribution in [0.15, 0.2) is 23.4 Å². The number of aromatic carboxylic acids is 1. The fourth-order valence-corrected chi connectivity index (χ4v) is 2.89. The van der Waals surface area contributed by atoms with E-state index in [9.17, 15) is 9.59 Å². The molecule has 7 nitrogen and oxygen atoms in total. The van der Waals surface area contributed by atoms with Gasteiger partial charge in [-0.05, 0) is 18.6 Å². The largest absolute Gasteiger partial charge is 0.478 e. The van der Waals surface area contributed by atoms with Crippen LogP contribution < -0.4 is 5.32 Å². The van der Waals surface area contributed by atoms with Crippen molar-refractivity contribution >= 4 is 40.1 Å². The third kappa shape index (κ3) is 4.23. The van der Waals surface area contributed by atoms with Gasteiger partial charge in [-0.15, -0.1) is 10.2 Å². The fraction of sp³-hybridized carbons (Fsp3) is 0.250. The molecule has 0 aliphatic carbocycles. The van der Waals surface area contributed by atoms with Gasteiger partial charge in [0.1, 0.15) is 10.0 Å². The van der Waals surface area contributed by atoms with E-state index in [1.165, 1.54) is 23.6 Å². The Balaban J connectivity index is 1.94. The van der Waals surface area contributed by atoms with E-state index < -0.39 is 5.97 Å². The highest BCUT2D eigenvalue weighted by atomic mass is 32.2. The van der Waals surface area contributed by atoms with Crippen molar-refractivity contribution in [1.29, 1.82) is 0 Å². The van der Waals surface area contributed by atoms with Gasteiger partial charge in [-0.1, -0.05) is 30.0 Å². The lowest BCUT2D eigenvalue weighted by Crippen LogP contribution is -2.14. The zero-order valence-corrected chi connectivity index (χ0v) is 12.7. The second-order valence-electron chi connectivity index (χ2n) is 3.85. The molecule has 0 aliphatic heterocycles. The number of pyridine rings is 1. The smallest absolute Gasteiger partial charge is 0.338 e. The van der Waals surface area contributed by atoms with Crippen molar-refractivity contribution in [3.8, 4) is 0 Å². The van der Waals surface area contributed by atoms with Crippen molar-refractivity contribution in [2.45, 2.75) is 18.4 Å². The van der Waals surface area contributed by atoms with Crippen molar-refractivity contribution < 1.29 is 14.7 Å². The topological polar surface area (TPSA) is 105 Å². The van der Waals surface area contributed by atoms with E-state index in [-0.39, 0.29) is 17.2 Å². The molecule has 0 saturated carbocycles. The molecule has 1 amide bonds. The third-order valence-corrected chi connectivity index (χ3v) is 4.35. The number of anilines is 1. The number of hydrogen-bond donors (Lipinski definition) is 2. The molecule has 21 heavy (non-hydrogen) atoms. The molecule has 9 heteroatoms. The second kappa shape index (κ2) is 7.14. The van der Waals surface area contributed by atoms with Gasteiger partial charge in [0.2, 0.25) is 11.0 Å². The maximum Gasteiger partial charge on any atom is 0.338 e. The predicted molar refractivity (Wildman–Crippen MR) is 79.8 cm³/mol. The van der Waals surface area contributed by atoms with Gasteiger partial charge in [0.15, 0.2) is 0 Å². The number of carbonyl (C=O) groups is 2. The second-order valence-corrected chi connectivity index (χ2v) is 5.88. The normalized spacial score (nSPS) is 10.3. The Morgan fingerprint density at radius 2 is 2.24 bits per heavy atom. The summed E-state index contributed by atoms with van der Waals surface area (Å²) in [5, 5.41) is 21.0. The molecule has 0 bridgehead atoms. The van der Waals surface area contributed by atoms with E-state index in [0.29, 0.717) is 10.2 Å². The molecule has 0 unspecified atom stereocenters. The summed E-state index contributed by atoms with van der Waals surface area (Å²) >= 11 is 2.39. The Morgan fingerprint density at radius 1 is 1.43 bits per heavy atom. The van der Waals surface area contributed by atoms with Gasteiger partial charge in [-0.2, -0.15) is 0 Å². The minimum Gasteiger partial charge on any atom is -0.478 e. The summed E-state index contributed by atoms with van der Waals surface area (Å²) < 4.78 is 0. The summed E-state index contributed by atoms with van der Waals surface area (Å²) in [6.45, 7) is 1.95. The number of nitrogens with one attached hydrogen (secondary N) is 1. The van der Waals surface area contributed by atoms with Crippen LogP contribution in [0.25, 0.3) is 0 Å². The van der Waals surface area contributed by atoms with Crippen molar-refractivity contribution in [3.05, 3.63) is 28.9 Å². The molecule has 2 N–H and O–H groups in total. The zero-order valence-electron chi connectivity index (χ0n) is 11.1. The first-order valence-corrected chi connectivity index (χ1v) is 7.83. The summed E-state index contributed by atoms with van der Waals surface area (Å²) in [5.74, 6) is -1.29. The Morgan fingerprint density at radius 3 is 2.90 bits per heavy atom. The van der Waals surface area contributed by atoms with Gasteiger partial charge in [0.05, 0.1) is 11.3 Å². The molecule has 0 radical (unpaired) electrons. The Labute approximate surface area is 128 Å². The average molecular weight is 324 g/mol. The van der Waals surface area contributed by atoms with Crippen LogP contribution in [0.5, 0.6) is 0 Å². The highest BCUT2D eigenvalue weighted by molar-refractivity contribution is 8.00. The van der Waals surface area contributed by atoms with Crippen molar-refractivity contribution in [1.82, 2.24) is 15.2 Å². The zero-order chi connectivity index (χ0) is 15.2. The highest BCUT2D eigenvalue weighted by Crippen LogP contribution is 2.21. The van der Waals surface area contributed by atoms with Crippen LogP contribution in [0.1, 0.15) is 22.3 Å². The van der Waals surface area contributed by atoms with Crippen molar-refractivity contribution in [2.24, 2.45) is 0 Å². The van der Waals surface area contributed by atoms with Crippen LogP contribution in [0.3, 0.4) is 0 Å². The van der Waals surface area contributed by atoms with Crippen molar-refractivity contribution in [3.63, 3.8) is 0 Å². The molecule has 0 aromatic carbocycles. The standard InChI is InChI=1S/C12H12N4O3S2/c1-2-9-15-16-12(21-9)14-8(17)6-20-10-7(11(18)19)4-3-5-13-10/h3-5H,2,6H2,1H3,(H,18,19)(H,14,16,17). The molecular formula is C12H12N4O3S2. The first kappa shape index (κ1) is 15.4. The molecule has 2 aromatic rings. The summed E-state index contributed by atoms with van der Waals surface area (Å²) in [6, 6.07) is 2.99. The Hall–Kier alpha value is -2.00. The third-order valence-electron chi connectivity index (χ3n) is 2.36. The minimum absolute atomic E-state index is 0.0539. The molecule has 110 valence electrons. The quantitative estimate of drug-likeness (QED) is 0.782. The summed E-state index contributed by atoms with van der Waals surface area (Å²) in [6.07, 6.45) is 2.25. The molecule has 0 spiro atoms. The minimum atomic E-state index is -1.07. The Kier molecular flexibility index (Phi) is 5.23. The molecular weight excluding hydrogens is 312 g/mol. The number of amides is 1. The molecule has 0 aliphatic rings. The van der Waals surface area contributed by atoms with E-state index in [4.69, 9.17) is 5.11 Å². The van der Waals surface area contributed by atoms with E-state index >= 15 is 0 Å². The monoisotopic (exact) mass is 324 g/mol. The van der Waals surface area contributed by atoms with Gasteiger partial charge in [-0.3, -0.25) is 10.1 Å². The van der Waals surface area contributed by atoms with Gasteiger partial charge >= 0.3 is 5.97 Å².